The van der Waals surface area contributed by atoms with Crippen molar-refractivity contribution >= 4 is 68.2 Å². The fourth-order valence-corrected chi connectivity index (χ4v) is 3.36. The van der Waals surface area contributed by atoms with E-state index in [4.69, 9.17) is 0 Å². The van der Waals surface area contributed by atoms with E-state index in [0.29, 0.717) is 21.9 Å². The second kappa shape index (κ2) is 10.0. The lowest BCUT2D eigenvalue weighted by Gasteiger charge is -2.26. The molecule has 0 saturated heterocycles. The summed E-state index contributed by atoms with van der Waals surface area (Å²) in [5.41, 5.74) is -0.860. The van der Waals surface area contributed by atoms with Gasteiger partial charge in [0.1, 0.15) is 5.69 Å². The Morgan fingerprint density at radius 3 is 2.12 bits per heavy atom. The van der Waals surface area contributed by atoms with E-state index in [9.17, 15) is 25.0 Å². The van der Waals surface area contributed by atoms with Crippen LogP contribution in [-0.2, 0) is 0 Å². The zero-order valence-corrected chi connectivity index (χ0v) is 17.8. The van der Waals surface area contributed by atoms with Gasteiger partial charge in [0.2, 0.25) is 0 Å². The van der Waals surface area contributed by atoms with Crippen LogP contribution >= 0.6 is 45.2 Å². The molecule has 0 aliphatic heterocycles. The number of alkyl halides is 2. The summed E-state index contributed by atoms with van der Waals surface area (Å²) in [5, 5.41) is 22.7. The third-order valence-corrected chi connectivity index (χ3v) is 4.38. The van der Waals surface area contributed by atoms with Gasteiger partial charge in [-0.3, -0.25) is 25.0 Å². The summed E-state index contributed by atoms with van der Waals surface area (Å²) in [6, 6.07) is 2.01. The van der Waals surface area contributed by atoms with E-state index < -0.39 is 27.1 Å². The molecule has 1 rings (SSSR count). The highest BCUT2D eigenvalue weighted by atomic mass is 127. The van der Waals surface area contributed by atoms with Gasteiger partial charge in [-0.05, 0) is 6.92 Å². The van der Waals surface area contributed by atoms with E-state index in [2.05, 4.69) is 52.1 Å². The van der Waals surface area contributed by atoms with E-state index in [0.717, 1.165) is 12.1 Å². The number of hydrogen-bond donors (Lipinski definition) is 0. The summed E-state index contributed by atoms with van der Waals surface area (Å²) in [6.07, 6.45) is 0. The molecule has 9 nitrogen and oxygen atoms in total. The monoisotopic (exact) mass is 575 g/mol. The molecule has 0 aliphatic carbocycles. The maximum Gasteiger partial charge on any atom is 0.300 e. The smallest absolute Gasteiger partial charge is 0.300 e. The van der Waals surface area contributed by atoms with Crippen molar-refractivity contribution in [2.45, 2.75) is 0 Å². The fraction of sp³-hybridized carbons (Fsp3) is 0.429. The summed E-state index contributed by atoms with van der Waals surface area (Å²) in [7, 11) is 1.49. The van der Waals surface area contributed by atoms with Gasteiger partial charge in [-0.15, -0.1) is 0 Å². The molecule has 0 bridgehead atoms. The third kappa shape index (κ3) is 5.36. The fourth-order valence-electron chi connectivity index (χ4n) is 2.19. The molecule has 0 saturated carbocycles. The lowest BCUT2D eigenvalue weighted by atomic mass is 10.1. The molecule has 137 valence electrons. The molecule has 0 fully saturated rings. The Bertz CT molecular complexity index is 665. The lowest BCUT2D eigenvalue weighted by molar-refractivity contribution is -0.393. The molecule has 1 radical (unpaired) electrons. The number of hydrogen-bond acceptors (Lipinski definition) is 6. The van der Waals surface area contributed by atoms with Crippen LogP contribution in [0.3, 0.4) is 0 Å². The average Bonchev–Trinajstić information content (AvgIpc) is 2.58. The Morgan fingerprint density at radius 1 is 1.16 bits per heavy atom. The summed E-state index contributed by atoms with van der Waals surface area (Å²) in [6.45, 7) is 4.71. The van der Waals surface area contributed by atoms with E-state index in [1.54, 1.807) is 4.90 Å². The van der Waals surface area contributed by atoms with Crippen LogP contribution in [0.15, 0.2) is 12.1 Å². The first-order valence-electron chi connectivity index (χ1n) is 7.16. The van der Waals surface area contributed by atoms with Crippen molar-refractivity contribution in [2.75, 3.05) is 40.4 Å². The van der Waals surface area contributed by atoms with Crippen molar-refractivity contribution in [2.24, 2.45) is 0 Å². The van der Waals surface area contributed by atoms with Crippen molar-refractivity contribution in [3.63, 3.8) is 0 Å². The van der Waals surface area contributed by atoms with Gasteiger partial charge in [-0.25, -0.2) is 0 Å². The van der Waals surface area contributed by atoms with Crippen LogP contribution in [-0.4, -0.2) is 56.2 Å². The van der Waals surface area contributed by atoms with Crippen LogP contribution in [0.25, 0.3) is 0 Å². The van der Waals surface area contributed by atoms with E-state index in [-0.39, 0.29) is 17.8 Å². The van der Waals surface area contributed by atoms with E-state index in [1.807, 2.05) is 0 Å². The first-order valence-corrected chi connectivity index (χ1v) is 10.2. The molecule has 0 atom stereocenters. The Labute approximate surface area is 172 Å². The van der Waals surface area contributed by atoms with Crippen LogP contribution in [0.2, 0.25) is 0 Å². The van der Waals surface area contributed by atoms with Gasteiger partial charge in [0.05, 0.1) is 21.5 Å². The largest absolute Gasteiger partial charge is 0.364 e. The standard InChI is InChI=1S/C14H17I2N4O5/c1-3-17(2)14(21)11-8-10(19(22)23)9-12(20(24)25)13(11)18(6-4-15)7-5-16/h8-9H,1,3-7H2,2H3. The first-order chi connectivity index (χ1) is 11.8. The predicted octanol–water partition coefficient (Wildman–Crippen LogP) is 3.09. The molecule has 0 aromatic heterocycles. The number of non-ortho nitro benzene ring substituents is 1. The topological polar surface area (TPSA) is 110 Å². The number of amides is 1. The molecule has 0 unspecified atom stereocenters. The molecule has 0 aliphatic rings. The van der Waals surface area contributed by atoms with E-state index in [1.165, 1.54) is 11.9 Å². The van der Waals surface area contributed by atoms with Gasteiger partial charge >= 0.3 is 0 Å². The van der Waals surface area contributed by atoms with Gasteiger partial charge < -0.3 is 9.80 Å². The van der Waals surface area contributed by atoms with Crippen molar-refractivity contribution in [3.05, 3.63) is 44.8 Å². The van der Waals surface area contributed by atoms with Crippen LogP contribution < -0.4 is 4.90 Å². The highest BCUT2D eigenvalue weighted by Crippen LogP contribution is 2.37. The number of nitro groups is 2. The molecule has 0 N–H and O–H groups in total. The number of anilines is 1. The highest BCUT2D eigenvalue weighted by Gasteiger charge is 2.31. The van der Waals surface area contributed by atoms with Gasteiger partial charge in [0.15, 0.2) is 0 Å². The Balaban J connectivity index is 3.75. The highest BCUT2D eigenvalue weighted by molar-refractivity contribution is 14.1. The van der Waals surface area contributed by atoms with Crippen LogP contribution in [0.1, 0.15) is 10.4 Å². The number of rotatable bonds is 9. The molecule has 1 aromatic rings. The van der Waals surface area contributed by atoms with Crippen molar-refractivity contribution in [3.8, 4) is 0 Å². The summed E-state index contributed by atoms with van der Waals surface area (Å²) >= 11 is 4.28. The Kier molecular flexibility index (Phi) is 8.75. The zero-order valence-electron chi connectivity index (χ0n) is 13.5. The number of carbonyl (C=O) groups excluding carboxylic acids is 1. The minimum Gasteiger partial charge on any atom is -0.364 e. The minimum absolute atomic E-state index is 0.0539. The molecule has 1 aromatic carbocycles. The van der Waals surface area contributed by atoms with E-state index >= 15 is 0 Å². The predicted molar refractivity (Wildman–Crippen MR) is 112 cm³/mol. The molecule has 25 heavy (non-hydrogen) atoms. The van der Waals surface area contributed by atoms with Crippen LogP contribution in [0, 0.1) is 27.2 Å². The zero-order chi connectivity index (χ0) is 19.1. The minimum atomic E-state index is -0.737. The van der Waals surface area contributed by atoms with Crippen LogP contribution in [0.5, 0.6) is 0 Å². The van der Waals surface area contributed by atoms with Gasteiger partial charge in [-0.1, -0.05) is 45.2 Å². The summed E-state index contributed by atoms with van der Waals surface area (Å²) in [4.78, 5) is 36.9. The third-order valence-electron chi connectivity index (χ3n) is 3.42. The number of nitrogens with zero attached hydrogens (tertiary/aromatic N) is 4. The quantitative estimate of drug-likeness (QED) is 0.194. The van der Waals surface area contributed by atoms with Crippen molar-refractivity contribution in [1.29, 1.82) is 0 Å². The number of carbonyl (C=O) groups is 1. The van der Waals surface area contributed by atoms with Crippen molar-refractivity contribution < 1.29 is 14.6 Å². The Morgan fingerprint density at radius 2 is 1.72 bits per heavy atom. The first kappa shape index (κ1) is 21.8. The maximum atomic E-state index is 12.7. The SMILES string of the molecule is [CH2]CN(C)C(=O)c1cc([N+](=O)[O-])cc([N+](=O)[O-])c1N(CCI)CCI. The number of halogens is 2. The molecule has 11 heteroatoms. The second-order valence-corrected chi connectivity index (χ2v) is 7.12. The van der Waals surface area contributed by atoms with Crippen molar-refractivity contribution in [1.82, 2.24) is 4.90 Å². The number of nitro benzene ring substituents is 2. The van der Waals surface area contributed by atoms with Crippen LogP contribution in [0.4, 0.5) is 17.1 Å². The number of benzene rings is 1. The molecule has 0 spiro atoms. The Hall–Kier alpha value is -1.25. The lowest BCUT2D eigenvalue weighted by Crippen LogP contribution is -2.33. The molecular weight excluding hydrogens is 558 g/mol. The maximum absolute atomic E-state index is 12.7. The normalized spacial score (nSPS) is 10.4. The second-order valence-electron chi connectivity index (χ2n) is 4.97. The van der Waals surface area contributed by atoms with Gasteiger partial charge in [0, 0.05) is 41.6 Å². The summed E-state index contributed by atoms with van der Waals surface area (Å²) < 4.78 is 1.36. The average molecular weight is 575 g/mol. The van der Waals surface area contributed by atoms with Gasteiger partial charge in [0.25, 0.3) is 17.3 Å². The molecule has 0 heterocycles. The molecular formula is C14H17I2N4O5. The van der Waals surface area contributed by atoms with Gasteiger partial charge in [-0.2, -0.15) is 0 Å². The summed E-state index contributed by atoms with van der Waals surface area (Å²) in [5.74, 6) is -0.538. The molecule has 1 amide bonds.